The topological polar surface area (TPSA) is 80.9 Å². The van der Waals surface area contributed by atoms with Gasteiger partial charge in [-0.3, -0.25) is 4.79 Å². The van der Waals surface area contributed by atoms with Crippen LogP contribution in [0, 0.1) is 0 Å². The maximum atomic E-state index is 12.2. The SMILES string of the molecule is Nc1cccc(C(=O)Nc2c(Cl)ccc3nsnc23)c1. The minimum atomic E-state index is -0.292. The fraction of sp³-hybridized carbons (Fsp3) is 0. The maximum absolute atomic E-state index is 12.2. The van der Waals surface area contributed by atoms with Crippen molar-refractivity contribution in [3.8, 4) is 0 Å². The average Bonchev–Trinajstić information content (AvgIpc) is 2.90. The highest BCUT2D eigenvalue weighted by Crippen LogP contribution is 2.30. The molecule has 0 aliphatic heterocycles. The predicted octanol–water partition coefficient (Wildman–Crippen LogP) is 3.18. The summed E-state index contributed by atoms with van der Waals surface area (Å²) in [5, 5.41) is 3.18. The lowest BCUT2D eigenvalue weighted by atomic mass is 10.2. The molecule has 5 nitrogen and oxygen atoms in total. The van der Waals surface area contributed by atoms with Crippen molar-refractivity contribution in [3.63, 3.8) is 0 Å². The second-order valence-corrected chi connectivity index (χ2v) is 5.07. The molecule has 3 aromatic rings. The van der Waals surface area contributed by atoms with E-state index in [2.05, 4.69) is 14.1 Å². The van der Waals surface area contributed by atoms with Crippen LogP contribution >= 0.6 is 23.3 Å². The van der Waals surface area contributed by atoms with Crippen LogP contribution in [0.25, 0.3) is 11.0 Å². The molecule has 0 fully saturated rings. The number of rotatable bonds is 2. The summed E-state index contributed by atoms with van der Waals surface area (Å²) in [5.41, 5.74) is 8.39. The molecule has 0 aliphatic carbocycles. The number of amides is 1. The number of nitrogens with zero attached hydrogens (tertiary/aromatic N) is 2. The zero-order valence-electron chi connectivity index (χ0n) is 10.1. The summed E-state index contributed by atoms with van der Waals surface area (Å²) in [5.74, 6) is -0.292. The van der Waals surface area contributed by atoms with Gasteiger partial charge in [-0.25, -0.2) is 0 Å². The molecule has 1 aromatic heterocycles. The van der Waals surface area contributed by atoms with E-state index < -0.39 is 0 Å². The number of hydrogen-bond donors (Lipinski definition) is 2. The van der Waals surface area contributed by atoms with Crippen LogP contribution in [-0.4, -0.2) is 14.7 Å². The molecule has 0 radical (unpaired) electrons. The van der Waals surface area contributed by atoms with Gasteiger partial charge in [-0.1, -0.05) is 17.7 Å². The van der Waals surface area contributed by atoms with Crippen molar-refractivity contribution in [1.82, 2.24) is 8.75 Å². The van der Waals surface area contributed by atoms with Gasteiger partial charge < -0.3 is 11.1 Å². The molecule has 3 rings (SSSR count). The van der Waals surface area contributed by atoms with E-state index in [1.807, 2.05) is 0 Å². The van der Waals surface area contributed by atoms with Gasteiger partial charge in [0.25, 0.3) is 5.91 Å². The number of benzene rings is 2. The second-order valence-electron chi connectivity index (χ2n) is 4.13. The van der Waals surface area contributed by atoms with Gasteiger partial charge >= 0.3 is 0 Å². The van der Waals surface area contributed by atoms with E-state index in [9.17, 15) is 4.79 Å². The number of fused-ring (bicyclic) bond motifs is 1. The molecule has 0 saturated heterocycles. The van der Waals surface area contributed by atoms with Crippen molar-refractivity contribution < 1.29 is 4.79 Å². The first kappa shape index (κ1) is 12.8. The average molecular weight is 305 g/mol. The first-order valence-electron chi connectivity index (χ1n) is 5.73. The molecule has 0 aliphatic rings. The number of carbonyl (C=O) groups is 1. The molecule has 3 N–H and O–H groups in total. The highest BCUT2D eigenvalue weighted by atomic mass is 35.5. The number of anilines is 2. The van der Waals surface area contributed by atoms with Gasteiger partial charge in [-0.2, -0.15) is 8.75 Å². The Morgan fingerprint density at radius 1 is 1.25 bits per heavy atom. The van der Waals surface area contributed by atoms with Gasteiger partial charge in [0.2, 0.25) is 0 Å². The van der Waals surface area contributed by atoms with Gasteiger partial charge in [0.15, 0.2) is 0 Å². The largest absolute Gasteiger partial charge is 0.399 e. The standard InChI is InChI=1S/C13H9ClN4OS/c14-9-4-5-10-12(18-20-17-10)11(9)16-13(19)7-2-1-3-8(15)6-7/h1-6H,15H2,(H,16,19). The Kier molecular flexibility index (Phi) is 3.25. The Balaban J connectivity index is 1.99. The summed E-state index contributed by atoms with van der Waals surface area (Å²) in [6, 6.07) is 10.2. The molecule has 0 saturated carbocycles. The first-order chi connectivity index (χ1) is 9.65. The zero-order chi connectivity index (χ0) is 14.1. The molecule has 0 unspecified atom stereocenters. The van der Waals surface area contributed by atoms with Crippen molar-refractivity contribution in [2.45, 2.75) is 0 Å². The summed E-state index contributed by atoms with van der Waals surface area (Å²) in [4.78, 5) is 12.2. The lowest BCUT2D eigenvalue weighted by Crippen LogP contribution is -2.12. The maximum Gasteiger partial charge on any atom is 0.255 e. The molecule has 100 valence electrons. The molecule has 0 bridgehead atoms. The number of halogens is 1. The van der Waals surface area contributed by atoms with E-state index in [-0.39, 0.29) is 5.91 Å². The minimum Gasteiger partial charge on any atom is -0.399 e. The molecule has 1 amide bonds. The van der Waals surface area contributed by atoms with Crippen LogP contribution in [0.3, 0.4) is 0 Å². The Bertz CT molecular complexity index is 802. The van der Waals surface area contributed by atoms with Crippen molar-refractivity contribution >= 4 is 51.6 Å². The van der Waals surface area contributed by atoms with Crippen LogP contribution < -0.4 is 11.1 Å². The highest BCUT2D eigenvalue weighted by molar-refractivity contribution is 7.00. The highest BCUT2D eigenvalue weighted by Gasteiger charge is 2.14. The lowest BCUT2D eigenvalue weighted by molar-refractivity contribution is 0.102. The van der Waals surface area contributed by atoms with Crippen LogP contribution in [0.15, 0.2) is 36.4 Å². The van der Waals surface area contributed by atoms with Gasteiger partial charge in [0.05, 0.1) is 22.4 Å². The zero-order valence-corrected chi connectivity index (χ0v) is 11.7. The van der Waals surface area contributed by atoms with E-state index in [4.69, 9.17) is 17.3 Å². The summed E-state index contributed by atoms with van der Waals surface area (Å²) in [7, 11) is 0. The molecule has 0 atom stereocenters. The fourth-order valence-electron chi connectivity index (χ4n) is 1.81. The number of nitrogen functional groups attached to an aromatic ring is 1. The minimum absolute atomic E-state index is 0.292. The number of nitrogens with one attached hydrogen (secondary N) is 1. The molecule has 20 heavy (non-hydrogen) atoms. The Labute approximate surface area is 123 Å². The second kappa shape index (κ2) is 5.07. The summed E-state index contributed by atoms with van der Waals surface area (Å²) in [6.45, 7) is 0. The van der Waals surface area contributed by atoms with E-state index in [1.165, 1.54) is 0 Å². The monoisotopic (exact) mass is 304 g/mol. The van der Waals surface area contributed by atoms with Gasteiger partial charge in [0, 0.05) is 11.3 Å². The van der Waals surface area contributed by atoms with Crippen LogP contribution in [-0.2, 0) is 0 Å². The van der Waals surface area contributed by atoms with Gasteiger partial charge in [-0.05, 0) is 30.3 Å². The number of carbonyl (C=O) groups excluding carboxylic acids is 1. The van der Waals surface area contributed by atoms with E-state index in [1.54, 1.807) is 36.4 Å². The fourth-order valence-corrected chi connectivity index (χ4v) is 2.55. The van der Waals surface area contributed by atoms with E-state index in [0.717, 1.165) is 11.7 Å². The molecule has 2 aromatic carbocycles. The molecular weight excluding hydrogens is 296 g/mol. The molecule has 0 spiro atoms. The normalized spacial score (nSPS) is 10.7. The van der Waals surface area contributed by atoms with Crippen LogP contribution in [0.5, 0.6) is 0 Å². The van der Waals surface area contributed by atoms with Crippen LogP contribution in [0.1, 0.15) is 10.4 Å². The summed E-state index contributed by atoms with van der Waals surface area (Å²) in [6.07, 6.45) is 0. The third kappa shape index (κ3) is 2.31. The van der Waals surface area contributed by atoms with Crippen molar-refractivity contribution in [1.29, 1.82) is 0 Å². The Morgan fingerprint density at radius 3 is 2.90 bits per heavy atom. The number of hydrogen-bond acceptors (Lipinski definition) is 5. The third-order valence-corrected chi connectivity index (χ3v) is 3.62. The smallest absolute Gasteiger partial charge is 0.255 e. The van der Waals surface area contributed by atoms with E-state index >= 15 is 0 Å². The van der Waals surface area contributed by atoms with Gasteiger partial charge in [-0.15, -0.1) is 0 Å². The predicted molar refractivity (Wildman–Crippen MR) is 81.2 cm³/mol. The van der Waals surface area contributed by atoms with Crippen LogP contribution in [0.4, 0.5) is 11.4 Å². The quantitative estimate of drug-likeness (QED) is 0.712. The lowest BCUT2D eigenvalue weighted by Gasteiger charge is -2.08. The Hall–Kier alpha value is -2.18. The molecule has 1 heterocycles. The van der Waals surface area contributed by atoms with Crippen molar-refractivity contribution in [3.05, 3.63) is 47.0 Å². The Morgan fingerprint density at radius 2 is 2.10 bits per heavy atom. The summed E-state index contributed by atoms with van der Waals surface area (Å²) >= 11 is 7.19. The van der Waals surface area contributed by atoms with Gasteiger partial charge in [0.1, 0.15) is 11.0 Å². The van der Waals surface area contributed by atoms with Crippen molar-refractivity contribution in [2.24, 2.45) is 0 Å². The number of nitrogens with two attached hydrogens (primary N) is 1. The van der Waals surface area contributed by atoms with Crippen LogP contribution in [0.2, 0.25) is 5.02 Å². The first-order valence-corrected chi connectivity index (χ1v) is 6.83. The molecular formula is C13H9ClN4OS. The van der Waals surface area contributed by atoms with Crippen molar-refractivity contribution in [2.75, 3.05) is 11.1 Å². The molecule has 7 heteroatoms. The number of aromatic nitrogens is 2. The summed E-state index contributed by atoms with van der Waals surface area (Å²) < 4.78 is 8.27. The van der Waals surface area contributed by atoms with E-state index in [0.29, 0.717) is 33.0 Å². The third-order valence-electron chi connectivity index (χ3n) is 2.76.